The predicted octanol–water partition coefficient (Wildman–Crippen LogP) is 2.20. The van der Waals surface area contributed by atoms with Crippen LogP contribution in [-0.4, -0.2) is 39.9 Å². The molecule has 1 N–H and O–H groups in total. The summed E-state index contributed by atoms with van der Waals surface area (Å²) in [4.78, 5) is 30.6. The monoisotopic (exact) mass is 348 g/mol. The van der Waals surface area contributed by atoms with E-state index in [-0.39, 0.29) is 24.3 Å². The topological polar surface area (TPSA) is 88.3 Å². The van der Waals surface area contributed by atoms with E-state index in [1.54, 1.807) is 6.92 Å². The first-order chi connectivity index (χ1) is 12.1. The molecule has 1 aromatic rings. The first-order valence-corrected chi connectivity index (χ1v) is 9.46. The molecule has 138 valence electrons. The molecule has 0 aromatic carbocycles. The first kappa shape index (κ1) is 17.9. The largest absolute Gasteiger partial charge is 0.347 e. The van der Waals surface area contributed by atoms with E-state index in [4.69, 9.17) is 4.52 Å². The highest BCUT2D eigenvalue weighted by Crippen LogP contribution is 2.29. The zero-order valence-corrected chi connectivity index (χ0v) is 15.0. The van der Waals surface area contributed by atoms with E-state index in [1.807, 2.05) is 4.90 Å². The number of hydrogen-bond donors (Lipinski definition) is 1. The van der Waals surface area contributed by atoms with Crippen molar-refractivity contribution in [3.8, 4) is 0 Å². The van der Waals surface area contributed by atoms with Crippen molar-refractivity contribution in [3.63, 3.8) is 0 Å². The molecule has 1 saturated heterocycles. The van der Waals surface area contributed by atoms with Crippen LogP contribution in [0.2, 0.25) is 0 Å². The molecular weight excluding hydrogens is 320 g/mol. The van der Waals surface area contributed by atoms with E-state index in [9.17, 15) is 9.59 Å². The van der Waals surface area contributed by atoms with Crippen LogP contribution >= 0.6 is 0 Å². The molecule has 0 atom stereocenters. The number of aryl methyl sites for hydroxylation is 1. The molecule has 3 rings (SSSR count). The number of likely N-dealkylation sites (tertiary alicyclic amines) is 1. The van der Waals surface area contributed by atoms with Crippen molar-refractivity contribution >= 4 is 11.8 Å². The smallest absolute Gasteiger partial charge is 0.246 e. The lowest BCUT2D eigenvalue weighted by Gasteiger charge is -2.31. The third-order valence-corrected chi connectivity index (χ3v) is 5.44. The van der Waals surface area contributed by atoms with E-state index in [1.165, 1.54) is 25.7 Å². The van der Waals surface area contributed by atoms with Crippen LogP contribution in [-0.2, 0) is 16.1 Å². The molecule has 1 aliphatic heterocycles. The van der Waals surface area contributed by atoms with Gasteiger partial charge in [-0.2, -0.15) is 4.98 Å². The number of carbonyl (C=O) groups excluding carboxylic acids is 2. The van der Waals surface area contributed by atoms with E-state index >= 15 is 0 Å². The number of aromatic nitrogens is 2. The SMILES string of the molecule is Cc1noc(CNC(=O)C2CCN(C(=O)CCC3CCCC3)CC2)n1. The van der Waals surface area contributed by atoms with Crippen LogP contribution in [0.3, 0.4) is 0 Å². The number of amides is 2. The molecule has 7 nitrogen and oxygen atoms in total. The quantitative estimate of drug-likeness (QED) is 0.851. The summed E-state index contributed by atoms with van der Waals surface area (Å²) in [5.74, 6) is 1.96. The van der Waals surface area contributed by atoms with Crippen molar-refractivity contribution < 1.29 is 14.1 Å². The molecule has 0 radical (unpaired) electrons. The highest BCUT2D eigenvalue weighted by molar-refractivity contribution is 5.80. The first-order valence-electron chi connectivity index (χ1n) is 9.46. The summed E-state index contributed by atoms with van der Waals surface area (Å²) in [7, 11) is 0. The van der Waals surface area contributed by atoms with Gasteiger partial charge in [0.15, 0.2) is 5.82 Å². The molecule has 2 aliphatic rings. The molecule has 2 amide bonds. The molecule has 0 spiro atoms. The van der Waals surface area contributed by atoms with Crippen LogP contribution in [0.25, 0.3) is 0 Å². The minimum Gasteiger partial charge on any atom is -0.347 e. The van der Waals surface area contributed by atoms with Crippen molar-refractivity contribution in [2.75, 3.05) is 13.1 Å². The fourth-order valence-corrected chi connectivity index (χ4v) is 3.89. The van der Waals surface area contributed by atoms with Crippen LogP contribution in [0.15, 0.2) is 4.52 Å². The third kappa shape index (κ3) is 5.03. The third-order valence-electron chi connectivity index (χ3n) is 5.44. The number of nitrogens with one attached hydrogen (secondary N) is 1. The normalized spacial score (nSPS) is 19.3. The van der Waals surface area contributed by atoms with Gasteiger partial charge < -0.3 is 14.7 Å². The number of rotatable bonds is 6. The van der Waals surface area contributed by atoms with Crippen molar-refractivity contribution in [2.45, 2.75) is 64.8 Å². The number of hydrogen-bond acceptors (Lipinski definition) is 5. The van der Waals surface area contributed by atoms with Crippen LogP contribution in [0.5, 0.6) is 0 Å². The summed E-state index contributed by atoms with van der Waals surface area (Å²) in [6.07, 6.45) is 8.36. The molecule has 1 saturated carbocycles. The average molecular weight is 348 g/mol. The standard InChI is InChI=1S/C18H28N4O3/c1-13-20-16(25-21-13)12-19-18(24)15-8-10-22(11-9-15)17(23)7-6-14-4-2-3-5-14/h14-15H,2-12H2,1H3,(H,19,24). The Labute approximate surface area is 148 Å². The fraction of sp³-hybridized carbons (Fsp3) is 0.778. The molecule has 7 heteroatoms. The van der Waals surface area contributed by atoms with Crippen molar-refractivity contribution in [1.82, 2.24) is 20.4 Å². The summed E-state index contributed by atoms with van der Waals surface area (Å²) in [5, 5.41) is 6.55. The van der Waals surface area contributed by atoms with Gasteiger partial charge >= 0.3 is 0 Å². The predicted molar refractivity (Wildman–Crippen MR) is 91.4 cm³/mol. The Hall–Kier alpha value is -1.92. The maximum atomic E-state index is 12.3. The van der Waals surface area contributed by atoms with Gasteiger partial charge in [0, 0.05) is 25.4 Å². The van der Waals surface area contributed by atoms with Gasteiger partial charge in [0.25, 0.3) is 0 Å². The Bertz CT molecular complexity index is 587. The van der Waals surface area contributed by atoms with Gasteiger partial charge in [-0.1, -0.05) is 30.8 Å². The van der Waals surface area contributed by atoms with Gasteiger partial charge in [0.2, 0.25) is 17.7 Å². The zero-order valence-electron chi connectivity index (χ0n) is 15.0. The van der Waals surface area contributed by atoms with E-state index in [0.717, 1.165) is 25.2 Å². The number of piperidine rings is 1. The maximum absolute atomic E-state index is 12.3. The van der Waals surface area contributed by atoms with Crippen molar-refractivity contribution in [3.05, 3.63) is 11.7 Å². The highest BCUT2D eigenvalue weighted by atomic mass is 16.5. The molecular formula is C18H28N4O3. The van der Waals surface area contributed by atoms with Crippen LogP contribution in [0.4, 0.5) is 0 Å². The minimum absolute atomic E-state index is 0.00825. The summed E-state index contributed by atoms with van der Waals surface area (Å²) >= 11 is 0. The minimum atomic E-state index is -0.0390. The number of nitrogens with zero attached hydrogens (tertiary/aromatic N) is 3. The molecule has 1 aromatic heterocycles. The van der Waals surface area contributed by atoms with Gasteiger partial charge in [0.1, 0.15) is 0 Å². The summed E-state index contributed by atoms with van der Waals surface area (Å²) < 4.78 is 4.99. The van der Waals surface area contributed by atoms with Crippen molar-refractivity contribution in [1.29, 1.82) is 0 Å². The lowest BCUT2D eigenvalue weighted by Crippen LogP contribution is -2.43. The van der Waals surface area contributed by atoms with Gasteiger partial charge in [-0.05, 0) is 32.1 Å². The second-order valence-electron chi connectivity index (χ2n) is 7.30. The molecule has 0 unspecified atom stereocenters. The second kappa shape index (κ2) is 8.45. The van der Waals surface area contributed by atoms with E-state index < -0.39 is 0 Å². The fourth-order valence-electron chi connectivity index (χ4n) is 3.89. The lowest BCUT2D eigenvalue weighted by molar-refractivity contribution is -0.135. The lowest BCUT2D eigenvalue weighted by atomic mass is 9.95. The van der Waals surface area contributed by atoms with E-state index in [2.05, 4.69) is 15.5 Å². The molecule has 0 bridgehead atoms. The molecule has 1 aliphatic carbocycles. The van der Waals surface area contributed by atoms with Gasteiger partial charge in [-0.25, -0.2) is 0 Å². The zero-order chi connectivity index (χ0) is 17.6. The summed E-state index contributed by atoms with van der Waals surface area (Å²) in [6, 6.07) is 0. The van der Waals surface area contributed by atoms with Gasteiger partial charge in [-0.3, -0.25) is 9.59 Å². The average Bonchev–Trinajstić information content (AvgIpc) is 3.29. The summed E-state index contributed by atoms with van der Waals surface area (Å²) in [6.45, 7) is 3.37. The van der Waals surface area contributed by atoms with E-state index in [0.29, 0.717) is 31.2 Å². The highest BCUT2D eigenvalue weighted by Gasteiger charge is 2.27. The number of carbonyl (C=O) groups is 2. The Morgan fingerprint density at radius 2 is 1.92 bits per heavy atom. The molecule has 2 fully saturated rings. The van der Waals surface area contributed by atoms with Crippen LogP contribution in [0, 0.1) is 18.8 Å². The second-order valence-corrected chi connectivity index (χ2v) is 7.30. The Morgan fingerprint density at radius 3 is 2.56 bits per heavy atom. The Morgan fingerprint density at radius 1 is 1.20 bits per heavy atom. The Balaban J connectivity index is 1.35. The summed E-state index contributed by atoms with van der Waals surface area (Å²) in [5.41, 5.74) is 0. The molecule has 2 heterocycles. The van der Waals surface area contributed by atoms with Crippen molar-refractivity contribution in [2.24, 2.45) is 11.8 Å². The Kier molecular flexibility index (Phi) is 6.04. The van der Waals surface area contributed by atoms with Gasteiger partial charge in [-0.15, -0.1) is 0 Å². The maximum Gasteiger partial charge on any atom is 0.246 e. The van der Waals surface area contributed by atoms with Crippen LogP contribution < -0.4 is 5.32 Å². The van der Waals surface area contributed by atoms with Gasteiger partial charge in [0.05, 0.1) is 6.54 Å². The molecule has 25 heavy (non-hydrogen) atoms. The van der Waals surface area contributed by atoms with Crippen LogP contribution in [0.1, 0.15) is 63.1 Å².